The lowest BCUT2D eigenvalue weighted by molar-refractivity contribution is -0.128. The molecule has 2 N–H and O–H groups in total. The SMILES string of the molecule is CNC(=O)C1(C)CCN(c2ccnc(C(=O)O)c2)C1. The zero-order valence-electron chi connectivity index (χ0n) is 11.0. The van der Waals surface area contributed by atoms with Crippen molar-refractivity contribution in [3.63, 3.8) is 0 Å². The molecule has 102 valence electrons. The molecule has 1 saturated heterocycles. The standard InChI is InChI=1S/C13H17N3O3/c1-13(12(19)14-2)4-6-16(8-13)9-3-5-15-10(7-9)11(17)18/h3,5,7H,4,6,8H2,1-2H3,(H,14,19)(H,17,18). The number of hydrogen-bond donors (Lipinski definition) is 2. The Morgan fingerprint density at radius 2 is 2.26 bits per heavy atom. The van der Waals surface area contributed by atoms with Crippen LogP contribution in [-0.4, -0.2) is 42.1 Å². The second kappa shape index (κ2) is 4.87. The molecule has 0 saturated carbocycles. The van der Waals surface area contributed by atoms with Gasteiger partial charge in [-0.25, -0.2) is 9.78 Å². The smallest absolute Gasteiger partial charge is 0.354 e. The summed E-state index contributed by atoms with van der Waals surface area (Å²) in [4.78, 5) is 28.6. The van der Waals surface area contributed by atoms with E-state index < -0.39 is 11.4 Å². The number of pyridine rings is 1. The molecule has 2 rings (SSSR count). The van der Waals surface area contributed by atoms with Crippen LogP contribution < -0.4 is 10.2 Å². The van der Waals surface area contributed by atoms with Gasteiger partial charge in [0.05, 0.1) is 5.41 Å². The molecule has 1 aliphatic heterocycles. The van der Waals surface area contributed by atoms with E-state index in [1.807, 2.05) is 11.8 Å². The average Bonchev–Trinajstić information content (AvgIpc) is 2.82. The van der Waals surface area contributed by atoms with E-state index in [4.69, 9.17) is 5.11 Å². The van der Waals surface area contributed by atoms with E-state index in [1.165, 1.54) is 12.3 Å². The summed E-state index contributed by atoms with van der Waals surface area (Å²) >= 11 is 0. The molecule has 19 heavy (non-hydrogen) atoms. The van der Waals surface area contributed by atoms with Crippen LogP contribution in [0.3, 0.4) is 0 Å². The number of aromatic carboxylic acids is 1. The minimum atomic E-state index is -1.05. The summed E-state index contributed by atoms with van der Waals surface area (Å²) in [5.41, 5.74) is 0.382. The van der Waals surface area contributed by atoms with Gasteiger partial charge >= 0.3 is 5.97 Å². The largest absolute Gasteiger partial charge is 0.477 e. The van der Waals surface area contributed by atoms with E-state index in [0.717, 1.165) is 18.7 Å². The van der Waals surface area contributed by atoms with Crippen molar-refractivity contribution >= 4 is 17.6 Å². The van der Waals surface area contributed by atoms with E-state index >= 15 is 0 Å². The van der Waals surface area contributed by atoms with Gasteiger partial charge in [-0.2, -0.15) is 0 Å². The number of hydrogen-bond acceptors (Lipinski definition) is 4. The first-order valence-electron chi connectivity index (χ1n) is 6.13. The Labute approximate surface area is 111 Å². The molecule has 1 amide bonds. The molecule has 0 radical (unpaired) electrons. The number of anilines is 1. The highest BCUT2D eigenvalue weighted by atomic mass is 16.4. The molecule has 1 aromatic heterocycles. The fraction of sp³-hybridized carbons (Fsp3) is 0.462. The van der Waals surface area contributed by atoms with Crippen LogP contribution in [0.15, 0.2) is 18.3 Å². The van der Waals surface area contributed by atoms with Crippen LogP contribution in [0.4, 0.5) is 5.69 Å². The second-order valence-corrected chi connectivity index (χ2v) is 5.02. The van der Waals surface area contributed by atoms with E-state index in [-0.39, 0.29) is 11.6 Å². The number of aromatic nitrogens is 1. The number of carbonyl (C=O) groups is 2. The predicted molar refractivity (Wildman–Crippen MR) is 70.2 cm³/mol. The summed E-state index contributed by atoms with van der Waals surface area (Å²) in [6.45, 7) is 3.23. The summed E-state index contributed by atoms with van der Waals surface area (Å²) in [6, 6.07) is 3.31. The van der Waals surface area contributed by atoms with Crippen molar-refractivity contribution in [3.05, 3.63) is 24.0 Å². The Kier molecular flexibility index (Phi) is 3.42. The number of carboxylic acid groups (broad SMARTS) is 1. The highest BCUT2D eigenvalue weighted by Gasteiger charge is 2.39. The fourth-order valence-corrected chi connectivity index (χ4v) is 2.40. The fourth-order valence-electron chi connectivity index (χ4n) is 2.40. The number of nitrogens with zero attached hydrogens (tertiary/aromatic N) is 2. The molecule has 1 unspecified atom stereocenters. The van der Waals surface area contributed by atoms with Gasteiger partial charge in [0.25, 0.3) is 0 Å². The van der Waals surface area contributed by atoms with E-state index in [2.05, 4.69) is 10.3 Å². The van der Waals surface area contributed by atoms with Crippen molar-refractivity contribution in [2.75, 3.05) is 25.0 Å². The Hall–Kier alpha value is -2.11. The first-order chi connectivity index (χ1) is 8.96. The monoisotopic (exact) mass is 263 g/mol. The van der Waals surface area contributed by atoms with Gasteiger partial charge in [-0.05, 0) is 25.5 Å². The van der Waals surface area contributed by atoms with Crippen LogP contribution in [0.5, 0.6) is 0 Å². The maximum atomic E-state index is 11.8. The van der Waals surface area contributed by atoms with Gasteiger partial charge in [0, 0.05) is 32.0 Å². The summed E-state index contributed by atoms with van der Waals surface area (Å²) in [5.74, 6) is -1.03. The predicted octanol–water partition coefficient (Wildman–Crippen LogP) is 0.742. The molecule has 0 aliphatic carbocycles. The summed E-state index contributed by atoms with van der Waals surface area (Å²) in [5, 5.41) is 11.6. The zero-order chi connectivity index (χ0) is 14.0. The van der Waals surface area contributed by atoms with Gasteiger partial charge in [-0.1, -0.05) is 0 Å². The van der Waals surface area contributed by atoms with Crippen LogP contribution in [0, 0.1) is 5.41 Å². The van der Waals surface area contributed by atoms with Crippen LogP contribution in [-0.2, 0) is 4.79 Å². The quantitative estimate of drug-likeness (QED) is 0.840. The minimum absolute atomic E-state index is 0.0162. The Bertz CT molecular complexity index is 518. The lowest BCUT2D eigenvalue weighted by Gasteiger charge is -2.23. The van der Waals surface area contributed by atoms with Crippen molar-refractivity contribution in [2.24, 2.45) is 5.41 Å². The Morgan fingerprint density at radius 1 is 1.53 bits per heavy atom. The van der Waals surface area contributed by atoms with Crippen molar-refractivity contribution in [3.8, 4) is 0 Å². The third-order valence-corrected chi connectivity index (χ3v) is 3.58. The molecule has 2 heterocycles. The van der Waals surface area contributed by atoms with Crippen molar-refractivity contribution in [1.82, 2.24) is 10.3 Å². The molecule has 1 aliphatic rings. The maximum Gasteiger partial charge on any atom is 0.354 e. The lowest BCUT2D eigenvalue weighted by Crippen LogP contribution is -2.39. The molecular weight excluding hydrogens is 246 g/mol. The highest BCUT2D eigenvalue weighted by Crippen LogP contribution is 2.33. The first-order valence-corrected chi connectivity index (χ1v) is 6.13. The molecule has 1 fully saturated rings. The molecule has 1 aromatic rings. The topological polar surface area (TPSA) is 82.5 Å². The van der Waals surface area contributed by atoms with E-state index in [9.17, 15) is 9.59 Å². The third kappa shape index (κ3) is 2.52. The van der Waals surface area contributed by atoms with E-state index in [0.29, 0.717) is 6.54 Å². The van der Waals surface area contributed by atoms with Crippen molar-refractivity contribution in [1.29, 1.82) is 0 Å². The van der Waals surface area contributed by atoms with Crippen LogP contribution in [0.25, 0.3) is 0 Å². The normalized spacial score (nSPS) is 22.3. The van der Waals surface area contributed by atoms with Crippen LogP contribution >= 0.6 is 0 Å². The van der Waals surface area contributed by atoms with Crippen LogP contribution in [0.1, 0.15) is 23.8 Å². The van der Waals surface area contributed by atoms with Gasteiger partial charge in [-0.3, -0.25) is 4.79 Å². The Balaban J connectivity index is 2.19. The molecule has 0 spiro atoms. The first kappa shape index (κ1) is 13.3. The molecule has 0 aromatic carbocycles. The summed E-state index contributed by atoms with van der Waals surface area (Å²) < 4.78 is 0. The van der Waals surface area contributed by atoms with Crippen LogP contribution in [0.2, 0.25) is 0 Å². The summed E-state index contributed by atoms with van der Waals surface area (Å²) in [7, 11) is 1.63. The summed E-state index contributed by atoms with van der Waals surface area (Å²) in [6.07, 6.45) is 2.23. The average molecular weight is 263 g/mol. The maximum absolute atomic E-state index is 11.8. The van der Waals surface area contributed by atoms with Gasteiger partial charge in [0.1, 0.15) is 5.69 Å². The number of nitrogens with one attached hydrogen (secondary N) is 1. The molecule has 1 atom stereocenters. The number of rotatable bonds is 3. The van der Waals surface area contributed by atoms with Gasteiger partial charge in [0.15, 0.2) is 0 Å². The Morgan fingerprint density at radius 3 is 2.89 bits per heavy atom. The van der Waals surface area contributed by atoms with Gasteiger partial charge < -0.3 is 15.3 Å². The second-order valence-electron chi connectivity index (χ2n) is 5.02. The molecule has 6 nitrogen and oxygen atoms in total. The minimum Gasteiger partial charge on any atom is -0.477 e. The number of carbonyl (C=O) groups excluding carboxylic acids is 1. The van der Waals surface area contributed by atoms with E-state index in [1.54, 1.807) is 13.1 Å². The number of carboxylic acids is 1. The molecular formula is C13H17N3O3. The lowest BCUT2D eigenvalue weighted by atomic mass is 9.89. The highest BCUT2D eigenvalue weighted by molar-refractivity contribution is 5.87. The molecule has 0 bridgehead atoms. The third-order valence-electron chi connectivity index (χ3n) is 3.58. The zero-order valence-corrected chi connectivity index (χ0v) is 11.0. The van der Waals surface area contributed by atoms with Gasteiger partial charge in [-0.15, -0.1) is 0 Å². The van der Waals surface area contributed by atoms with Crippen molar-refractivity contribution in [2.45, 2.75) is 13.3 Å². The van der Waals surface area contributed by atoms with Gasteiger partial charge in [0.2, 0.25) is 5.91 Å². The molecule has 6 heteroatoms. The number of amides is 1. The van der Waals surface area contributed by atoms with Crippen molar-refractivity contribution < 1.29 is 14.7 Å².